The van der Waals surface area contributed by atoms with Crippen molar-refractivity contribution in [2.75, 3.05) is 5.32 Å². The minimum Gasteiger partial charge on any atom is -0.360 e. The number of aryl methyl sites for hydroxylation is 1. The SMILES string of the molecule is Cc1cc(NC(=O)c2ccsc2)no1. The molecule has 0 aliphatic heterocycles. The fourth-order valence-corrected chi connectivity index (χ4v) is 1.64. The van der Waals surface area contributed by atoms with Gasteiger partial charge in [-0.1, -0.05) is 5.16 Å². The molecule has 2 rings (SSSR count). The number of rotatable bonds is 2. The van der Waals surface area contributed by atoms with Crippen molar-refractivity contribution in [2.24, 2.45) is 0 Å². The van der Waals surface area contributed by atoms with Gasteiger partial charge < -0.3 is 9.84 Å². The standard InChI is InChI=1S/C9H8N2O2S/c1-6-4-8(11-13-6)10-9(12)7-2-3-14-5-7/h2-5H,1H3,(H,10,11,12). The molecule has 5 heteroatoms. The smallest absolute Gasteiger partial charge is 0.257 e. The number of thiophene rings is 1. The molecule has 0 unspecified atom stereocenters. The van der Waals surface area contributed by atoms with Gasteiger partial charge in [0.2, 0.25) is 0 Å². The van der Waals surface area contributed by atoms with E-state index in [2.05, 4.69) is 10.5 Å². The lowest BCUT2D eigenvalue weighted by Gasteiger charge is -1.96. The van der Waals surface area contributed by atoms with E-state index in [0.717, 1.165) is 0 Å². The van der Waals surface area contributed by atoms with E-state index in [1.807, 2.05) is 5.38 Å². The molecule has 0 aliphatic rings. The van der Waals surface area contributed by atoms with Crippen molar-refractivity contribution in [2.45, 2.75) is 6.92 Å². The second-order valence-electron chi connectivity index (χ2n) is 2.79. The average molecular weight is 208 g/mol. The number of hydrogen-bond donors (Lipinski definition) is 1. The van der Waals surface area contributed by atoms with Gasteiger partial charge in [-0.2, -0.15) is 11.3 Å². The largest absolute Gasteiger partial charge is 0.360 e. The van der Waals surface area contributed by atoms with Crippen LogP contribution in [0, 0.1) is 6.92 Å². The first-order chi connectivity index (χ1) is 6.75. The summed E-state index contributed by atoms with van der Waals surface area (Å²) < 4.78 is 4.82. The molecule has 1 N–H and O–H groups in total. The third-order valence-corrected chi connectivity index (χ3v) is 2.34. The summed E-state index contributed by atoms with van der Waals surface area (Å²) in [7, 11) is 0. The molecule has 0 spiro atoms. The van der Waals surface area contributed by atoms with Crippen LogP contribution in [0.25, 0.3) is 0 Å². The van der Waals surface area contributed by atoms with Gasteiger partial charge in [-0.25, -0.2) is 0 Å². The van der Waals surface area contributed by atoms with Crippen LogP contribution in [0.3, 0.4) is 0 Å². The topological polar surface area (TPSA) is 55.1 Å². The Morgan fingerprint density at radius 3 is 3.07 bits per heavy atom. The Balaban J connectivity index is 2.09. The number of nitrogens with one attached hydrogen (secondary N) is 1. The van der Waals surface area contributed by atoms with Gasteiger partial charge in [0, 0.05) is 11.4 Å². The lowest BCUT2D eigenvalue weighted by molar-refractivity contribution is 0.102. The van der Waals surface area contributed by atoms with Crippen LogP contribution in [0.5, 0.6) is 0 Å². The van der Waals surface area contributed by atoms with Gasteiger partial charge in [-0.05, 0) is 18.4 Å². The van der Waals surface area contributed by atoms with Crippen molar-refractivity contribution < 1.29 is 9.32 Å². The normalized spacial score (nSPS) is 10.1. The first-order valence-corrected chi connectivity index (χ1v) is 4.97. The van der Waals surface area contributed by atoms with Crippen molar-refractivity contribution in [1.29, 1.82) is 0 Å². The van der Waals surface area contributed by atoms with Crippen molar-refractivity contribution in [3.8, 4) is 0 Å². The molecule has 0 saturated heterocycles. The van der Waals surface area contributed by atoms with Crippen molar-refractivity contribution >= 4 is 23.1 Å². The van der Waals surface area contributed by atoms with Crippen molar-refractivity contribution in [3.05, 3.63) is 34.2 Å². The third-order valence-electron chi connectivity index (χ3n) is 1.65. The van der Waals surface area contributed by atoms with Gasteiger partial charge in [-0.15, -0.1) is 0 Å². The van der Waals surface area contributed by atoms with Gasteiger partial charge in [0.05, 0.1) is 5.56 Å². The average Bonchev–Trinajstić information content (AvgIpc) is 2.75. The van der Waals surface area contributed by atoms with Crippen LogP contribution in [0.1, 0.15) is 16.1 Å². The number of carbonyl (C=O) groups is 1. The maximum Gasteiger partial charge on any atom is 0.257 e. The van der Waals surface area contributed by atoms with Crippen molar-refractivity contribution in [3.63, 3.8) is 0 Å². The first-order valence-electron chi connectivity index (χ1n) is 4.02. The van der Waals surface area contributed by atoms with Crippen LogP contribution in [-0.2, 0) is 0 Å². The van der Waals surface area contributed by atoms with E-state index in [-0.39, 0.29) is 5.91 Å². The summed E-state index contributed by atoms with van der Waals surface area (Å²) in [5.41, 5.74) is 0.635. The molecule has 0 aromatic carbocycles. The Morgan fingerprint density at radius 2 is 2.50 bits per heavy atom. The van der Waals surface area contributed by atoms with Gasteiger partial charge in [-0.3, -0.25) is 4.79 Å². The maximum atomic E-state index is 11.5. The van der Waals surface area contributed by atoms with E-state index >= 15 is 0 Å². The first kappa shape index (κ1) is 8.96. The molecule has 0 atom stereocenters. The Labute approximate surface area is 84.5 Å². The summed E-state index contributed by atoms with van der Waals surface area (Å²) in [5.74, 6) is 0.948. The van der Waals surface area contributed by atoms with Crippen LogP contribution >= 0.6 is 11.3 Å². The Kier molecular flexibility index (Phi) is 2.32. The Bertz CT molecular complexity index is 433. The minimum atomic E-state index is -0.167. The van der Waals surface area contributed by atoms with Crippen molar-refractivity contribution in [1.82, 2.24) is 5.16 Å². The molecule has 0 bridgehead atoms. The Morgan fingerprint density at radius 1 is 1.64 bits per heavy atom. The zero-order chi connectivity index (χ0) is 9.97. The molecule has 0 radical (unpaired) electrons. The lowest BCUT2D eigenvalue weighted by atomic mass is 10.3. The molecule has 1 amide bonds. The molecule has 0 saturated carbocycles. The Hall–Kier alpha value is -1.62. The van der Waals surface area contributed by atoms with E-state index in [0.29, 0.717) is 17.1 Å². The highest BCUT2D eigenvalue weighted by molar-refractivity contribution is 7.08. The number of aromatic nitrogens is 1. The zero-order valence-corrected chi connectivity index (χ0v) is 8.30. The molecular formula is C9H8N2O2S. The van der Waals surface area contributed by atoms with Crippen LogP contribution in [-0.4, -0.2) is 11.1 Å². The minimum absolute atomic E-state index is 0.167. The summed E-state index contributed by atoms with van der Waals surface area (Å²) in [6.07, 6.45) is 0. The molecule has 2 aromatic rings. The molecule has 0 fully saturated rings. The van der Waals surface area contributed by atoms with E-state index in [1.165, 1.54) is 11.3 Å². The molecule has 2 heterocycles. The van der Waals surface area contributed by atoms with Crippen LogP contribution < -0.4 is 5.32 Å². The van der Waals surface area contributed by atoms with Crippen LogP contribution in [0.2, 0.25) is 0 Å². The second kappa shape index (κ2) is 3.63. The quantitative estimate of drug-likeness (QED) is 0.823. The van der Waals surface area contributed by atoms with Gasteiger partial charge in [0.15, 0.2) is 5.82 Å². The van der Waals surface area contributed by atoms with E-state index in [9.17, 15) is 4.79 Å². The summed E-state index contributed by atoms with van der Waals surface area (Å²) in [6, 6.07) is 3.43. The fourth-order valence-electron chi connectivity index (χ4n) is 1.01. The highest BCUT2D eigenvalue weighted by atomic mass is 32.1. The molecular weight excluding hydrogens is 200 g/mol. The summed E-state index contributed by atoms with van der Waals surface area (Å²) >= 11 is 1.48. The number of hydrogen-bond acceptors (Lipinski definition) is 4. The van der Waals surface area contributed by atoms with Crippen LogP contribution in [0.15, 0.2) is 27.4 Å². The summed E-state index contributed by atoms with van der Waals surface area (Å²) in [5, 5.41) is 9.92. The molecule has 72 valence electrons. The van der Waals surface area contributed by atoms with Gasteiger partial charge >= 0.3 is 0 Å². The zero-order valence-electron chi connectivity index (χ0n) is 7.48. The van der Waals surface area contributed by atoms with E-state index in [1.54, 1.807) is 24.4 Å². The number of carbonyl (C=O) groups excluding carboxylic acids is 1. The number of amides is 1. The molecule has 0 aliphatic carbocycles. The lowest BCUT2D eigenvalue weighted by Crippen LogP contribution is -2.10. The second-order valence-corrected chi connectivity index (χ2v) is 3.57. The van der Waals surface area contributed by atoms with E-state index in [4.69, 9.17) is 4.52 Å². The summed E-state index contributed by atoms with van der Waals surface area (Å²) in [4.78, 5) is 11.5. The number of nitrogens with zero attached hydrogens (tertiary/aromatic N) is 1. The maximum absolute atomic E-state index is 11.5. The van der Waals surface area contributed by atoms with Crippen LogP contribution in [0.4, 0.5) is 5.82 Å². The fraction of sp³-hybridized carbons (Fsp3) is 0.111. The predicted octanol–water partition coefficient (Wildman–Crippen LogP) is 2.30. The summed E-state index contributed by atoms with van der Waals surface area (Å²) in [6.45, 7) is 1.77. The van der Waals surface area contributed by atoms with Gasteiger partial charge in [0.1, 0.15) is 5.76 Å². The highest BCUT2D eigenvalue weighted by Gasteiger charge is 2.08. The molecule has 14 heavy (non-hydrogen) atoms. The highest BCUT2D eigenvalue weighted by Crippen LogP contribution is 2.11. The molecule has 4 nitrogen and oxygen atoms in total. The number of anilines is 1. The predicted molar refractivity (Wildman–Crippen MR) is 53.5 cm³/mol. The molecule has 2 aromatic heterocycles. The third kappa shape index (κ3) is 1.82. The van der Waals surface area contributed by atoms with Gasteiger partial charge in [0.25, 0.3) is 5.91 Å². The monoisotopic (exact) mass is 208 g/mol. The van der Waals surface area contributed by atoms with E-state index < -0.39 is 0 Å².